The summed E-state index contributed by atoms with van der Waals surface area (Å²) in [7, 11) is 3.33. The molecule has 4 nitrogen and oxygen atoms in total. The van der Waals surface area contributed by atoms with Gasteiger partial charge in [-0.1, -0.05) is 48.5 Å². The van der Waals surface area contributed by atoms with Gasteiger partial charge in [0, 0.05) is 25.0 Å². The maximum absolute atomic E-state index is 12.5. The third-order valence-corrected chi connectivity index (χ3v) is 3.53. The summed E-state index contributed by atoms with van der Waals surface area (Å²) < 4.78 is 0. The van der Waals surface area contributed by atoms with Crippen LogP contribution in [-0.2, 0) is 0 Å². The van der Waals surface area contributed by atoms with Gasteiger partial charge < -0.3 is 10.0 Å². The van der Waals surface area contributed by atoms with E-state index in [2.05, 4.69) is 4.98 Å². The molecule has 2 aromatic carbocycles. The molecule has 0 aliphatic rings. The van der Waals surface area contributed by atoms with Gasteiger partial charge in [-0.05, 0) is 6.07 Å². The number of fused-ring (bicyclic) bond motifs is 1. The average Bonchev–Trinajstić information content (AvgIpc) is 2.54. The van der Waals surface area contributed by atoms with Gasteiger partial charge in [-0.2, -0.15) is 0 Å². The SMILES string of the molecule is CN(C)C(=O)c1c(O)c(-c2ccccc2)nc2ccccc12. The number of para-hydroxylation sites is 1. The molecular weight excluding hydrogens is 276 g/mol. The number of rotatable bonds is 2. The summed E-state index contributed by atoms with van der Waals surface area (Å²) in [6.45, 7) is 0. The van der Waals surface area contributed by atoms with E-state index < -0.39 is 0 Å². The Morgan fingerprint density at radius 2 is 1.64 bits per heavy atom. The number of carbonyl (C=O) groups is 1. The van der Waals surface area contributed by atoms with E-state index in [-0.39, 0.29) is 17.2 Å². The van der Waals surface area contributed by atoms with Crippen molar-refractivity contribution in [2.45, 2.75) is 0 Å². The second-order valence-corrected chi connectivity index (χ2v) is 5.27. The highest BCUT2D eigenvalue weighted by atomic mass is 16.3. The quantitative estimate of drug-likeness (QED) is 0.788. The Kier molecular flexibility index (Phi) is 3.51. The molecule has 0 bridgehead atoms. The van der Waals surface area contributed by atoms with Crippen molar-refractivity contribution < 1.29 is 9.90 Å². The predicted molar refractivity (Wildman–Crippen MR) is 86.9 cm³/mol. The molecule has 1 heterocycles. The smallest absolute Gasteiger partial charge is 0.257 e. The number of amides is 1. The number of aromatic nitrogens is 1. The van der Waals surface area contributed by atoms with Crippen LogP contribution in [0.1, 0.15) is 10.4 Å². The van der Waals surface area contributed by atoms with E-state index in [4.69, 9.17) is 0 Å². The van der Waals surface area contributed by atoms with Gasteiger partial charge in [0.25, 0.3) is 5.91 Å². The summed E-state index contributed by atoms with van der Waals surface area (Å²) in [4.78, 5) is 18.5. The summed E-state index contributed by atoms with van der Waals surface area (Å²) in [6.07, 6.45) is 0. The molecule has 0 unspecified atom stereocenters. The van der Waals surface area contributed by atoms with Crippen LogP contribution in [0.15, 0.2) is 54.6 Å². The zero-order valence-corrected chi connectivity index (χ0v) is 12.4. The minimum absolute atomic E-state index is 0.0800. The van der Waals surface area contributed by atoms with E-state index in [9.17, 15) is 9.90 Å². The van der Waals surface area contributed by atoms with Gasteiger partial charge >= 0.3 is 0 Å². The van der Waals surface area contributed by atoms with Crippen molar-refractivity contribution in [3.63, 3.8) is 0 Å². The minimum atomic E-state index is -0.242. The molecule has 3 rings (SSSR count). The van der Waals surface area contributed by atoms with Crippen LogP contribution in [0.5, 0.6) is 5.75 Å². The molecule has 0 atom stereocenters. The topological polar surface area (TPSA) is 53.4 Å². The van der Waals surface area contributed by atoms with E-state index in [1.807, 2.05) is 48.5 Å². The Morgan fingerprint density at radius 1 is 1.00 bits per heavy atom. The van der Waals surface area contributed by atoms with Crippen LogP contribution in [0, 0.1) is 0 Å². The third kappa shape index (κ3) is 2.29. The number of benzene rings is 2. The Bertz CT molecular complexity index is 842. The minimum Gasteiger partial charge on any atom is -0.505 e. The van der Waals surface area contributed by atoms with Crippen LogP contribution >= 0.6 is 0 Å². The van der Waals surface area contributed by atoms with E-state index in [0.717, 1.165) is 5.56 Å². The summed E-state index contributed by atoms with van der Waals surface area (Å²) in [5.74, 6) is -0.322. The molecule has 1 N–H and O–H groups in total. The van der Waals surface area contributed by atoms with Crippen molar-refractivity contribution >= 4 is 16.8 Å². The summed E-state index contributed by atoms with van der Waals surface area (Å²) in [5, 5.41) is 11.3. The van der Waals surface area contributed by atoms with E-state index in [1.165, 1.54) is 4.90 Å². The van der Waals surface area contributed by atoms with Crippen molar-refractivity contribution in [2.75, 3.05) is 14.1 Å². The maximum Gasteiger partial charge on any atom is 0.257 e. The Hall–Kier alpha value is -2.88. The second kappa shape index (κ2) is 5.48. The fourth-order valence-corrected chi connectivity index (χ4v) is 2.44. The van der Waals surface area contributed by atoms with Crippen LogP contribution in [0.25, 0.3) is 22.2 Å². The van der Waals surface area contributed by atoms with Crippen molar-refractivity contribution in [2.24, 2.45) is 0 Å². The van der Waals surface area contributed by atoms with Crippen LogP contribution in [-0.4, -0.2) is 35.0 Å². The first-order chi connectivity index (χ1) is 10.6. The van der Waals surface area contributed by atoms with Crippen molar-refractivity contribution in [1.82, 2.24) is 9.88 Å². The number of carbonyl (C=O) groups excluding carboxylic acids is 1. The highest BCUT2D eigenvalue weighted by molar-refractivity contribution is 6.10. The zero-order valence-electron chi connectivity index (χ0n) is 12.4. The maximum atomic E-state index is 12.5. The molecule has 0 aliphatic carbocycles. The fraction of sp³-hybridized carbons (Fsp3) is 0.111. The monoisotopic (exact) mass is 292 g/mol. The largest absolute Gasteiger partial charge is 0.505 e. The van der Waals surface area contributed by atoms with Crippen molar-refractivity contribution in [3.8, 4) is 17.0 Å². The first-order valence-electron chi connectivity index (χ1n) is 6.98. The van der Waals surface area contributed by atoms with Gasteiger partial charge in [0.1, 0.15) is 5.69 Å². The first-order valence-corrected chi connectivity index (χ1v) is 6.98. The Balaban J connectivity index is 2.37. The second-order valence-electron chi connectivity index (χ2n) is 5.27. The number of hydrogen-bond acceptors (Lipinski definition) is 3. The summed E-state index contributed by atoms with van der Waals surface area (Å²) in [6, 6.07) is 16.7. The lowest BCUT2D eigenvalue weighted by atomic mass is 10.0. The molecule has 0 radical (unpaired) electrons. The third-order valence-electron chi connectivity index (χ3n) is 3.53. The molecule has 3 aromatic rings. The van der Waals surface area contributed by atoms with Crippen LogP contribution < -0.4 is 0 Å². The fourth-order valence-electron chi connectivity index (χ4n) is 2.44. The van der Waals surface area contributed by atoms with Gasteiger partial charge in [-0.3, -0.25) is 4.79 Å². The van der Waals surface area contributed by atoms with Crippen molar-refractivity contribution in [3.05, 3.63) is 60.2 Å². The Morgan fingerprint density at radius 3 is 2.32 bits per heavy atom. The lowest BCUT2D eigenvalue weighted by Gasteiger charge is -2.16. The van der Waals surface area contributed by atoms with Crippen LogP contribution in [0.4, 0.5) is 0 Å². The van der Waals surface area contributed by atoms with Gasteiger partial charge in [-0.25, -0.2) is 4.98 Å². The molecule has 0 spiro atoms. The molecule has 4 heteroatoms. The normalized spacial score (nSPS) is 10.6. The molecule has 0 aliphatic heterocycles. The Labute approximate surface area is 128 Å². The number of aromatic hydroxyl groups is 1. The van der Waals surface area contributed by atoms with Crippen LogP contribution in [0.2, 0.25) is 0 Å². The van der Waals surface area contributed by atoms with Gasteiger partial charge in [0.2, 0.25) is 0 Å². The molecule has 1 amide bonds. The van der Waals surface area contributed by atoms with Gasteiger partial charge in [0.15, 0.2) is 5.75 Å². The number of pyridine rings is 1. The highest BCUT2D eigenvalue weighted by Crippen LogP contribution is 2.35. The van der Waals surface area contributed by atoms with Gasteiger partial charge in [0.05, 0.1) is 11.1 Å². The van der Waals surface area contributed by atoms with Gasteiger partial charge in [-0.15, -0.1) is 0 Å². The first kappa shape index (κ1) is 14.1. The molecule has 0 saturated carbocycles. The summed E-state index contributed by atoms with van der Waals surface area (Å²) in [5.41, 5.74) is 2.17. The molecule has 110 valence electrons. The molecule has 0 fully saturated rings. The highest BCUT2D eigenvalue weighted by Gasteiger charge is 2.22. The lowest BCUT2D eigenvalue weighted by molar-refractivity contribution is 0.0826. The van der Waals surface area contributed by atoms with E-state index in [0.29, 0.717) is 16.6 Å². The average molecular weight is 292 g/mol. The lowest BCUT2D eigenvalue weighted by Crippen LogP contribution is -2.22. The molecular formula is C18H16N2O2. The van der Waals surface area contributed by atoms with Crippen molar-refractivity contribution in [1.29, 1.82) is 0 Å². The molecule has 22 heavy (non-hydrogen) atoms. The number of nitrogens with zero attached hydrogens (tertiary/aromatic N) is 2. The zero-order chi connectivity index (χ0) is 15.7. The summed E-state index contributed by atoms with van der Waals surface area (Å²) >= 11 is 0. The predicted octanol–water partition coefficient (Wildman–Crippen LogP) is 3.31. The van der Waals surface area contributed by atoms with Crippen LogP contribution in [0.3, 0.4) is 0 Å². The standard InChI is InChI=1S/C18H16N2O2/c1-20(2)18(22)15-13-10-6-7-11-14(13)19-16(17(15)21)12-8-4-3-5-9-12/h3-11,21H,1-2H3. The molecule has 0 saturated heterocycles. The molecule has 1 aromatic heterocycles. The number of hydrogen-bond donors (Lipinski definition) is 1. The van der Waals surface area contributed by atoms with E-state index in [1.54, 1.807) is 20.2 Å². The van der Waals surface area contributed by atoms with E-state index >= 15 is 0 Å².